The maximum absolute atomic E-state index is 3.76. The van der Waals surface area contributed by atoms with E-state index in [1.165, 1.54) is 92.7 Å². The first-order valence-electron chi connectivity index (χ1n) is 15.2. The highest BCUT2D eigenvalue weighted by Gasteiger charge is 2.19. The third kappa shape index (κ3) is 3.25. The maximum atomic E-state index is 3.76. The average molecular weight is 559 g/mol. The first-order valence-corrected chi connectivity index (χ1v) is 15.2. The molecule has 2 heteroatoms. The summed E-state index contributed by atoms with van der Waals surface area (Å²) in [6.07, 6.45) is 0. The van der Waals surface area contributed by atoms with Crippen molar-refractivity contribution in [1.29, 1.82) is 0 Å². The van der Waals surface area contributed by atoms with Crippen molar-refractivity contribution in [3.8, 4) is 22.3 Å². The van der Waals surface area contributed by atoms with Gasteiger partial charge in [-0.2, -0.15) is 0 Å². The first-order chi connectivity index (χ1) is 21.8. The SMILES string of the molecule is c1ccc2cc3c(cc2c1)[nH]c1ccc(-c2c4ccccc4c(-c4cccc5c4[nH]c4ccccc45)c4ccccc24)cc13. The van der Waals surface area contributed by atoms with Crippen molar-refractivity contribution in [3.05, 3.63) is 146 Å². The van der Waals surface area contributed by atoms with Crippen LogP contribution in [0.4, 0.5) is 0 Å². The summed E-state index contributed by atoms with van der Waals surface area (Å²) < 4.78 is 0. The molecule has 0 radical (unpaired) electrons. The molecule has 2 aromatic heterocycles. The molecule has 0 saturated heterocycles. The largest absolute Gasteiger partial charge is 0.354 e. The van der Waals surface area contributed by atoms with E-state index in [2.05, 4.69) is 156 Å². The summed E-state index contributed by atoms with van der Waals surface area (Å²) in [5.74, 6) is 0. The summed E-state index contributed by atoms with van der Waals surface area (Å²) in [7, 11) is 0. The Morgan fingerprint density at radius 3 is 1.64 bits per heavy atom. The minimum atomic E-state index is 1.16. The fourth-order valence-electron chi connectivity index (χ4n) is 7.55. The number of para-hydroxylation sites is 2. The number of aromatic amines is 2. The molecule has 0 spiro atoms. The van der Waals surface area contributed by atoms with Crippen LogP contribution in [0.15, 0.2) is 146 Å². The lowest BCUT2D eigenvalue weighted by molar-refractivity contribution is 1.54. The molecule has 204 valence electrons. The zero-order chi connectivity index (χ0) is 28.8. The predicted octanol–water partition coefficient (Wildman–Crippen LogP) is 11.7. The van der Waals surface area contributed by atoms with Gasteiger partial charge in [-0.3, -0.25) is 0 Å². The smallest absolute Gasteiger partial charge is 0.0544 e. The van der Waals surface area contributed by atoms with Crippen LogP contribution in [0.25, 0.3) is 98.2 Å². The Kier molecular flexibility index (Phi) is 4.75. The number of hydrogen-bond acceptors (Lipinski definition) is 0. The number of aromatic nitrogens is 2. The fourth-order valence-corrected chi connectivity index (χ4v) is 7.55. The van der Waals surface area contributed by atoms with Crippen LogP contribution in [-0.4, -0.2) is 9.97 Å². The molecule has 0 saturated carbocycles. The van der Waals surface area contributed by atoms with Crippen molar-refractivity contribution < 1.29 is 0 Å². The normalized spacial score (nSPS) is 12.1. The van der Waals surface area contributed by atoms with Crippen LogP contribution in [0.1, 0.15) is 0 Å². The zero-order valence-electron chi connectivity index (χ0n) is 23.9. The minimum absolute atomic E-state index is 1.16. The zero-order valence-corrected chi connectivity index (χ0v) is 23.9. The number of hydrogen-bond donors (Lipinski definition) is 2. The number of rotatable bonds is 2. The number of benzene rings is 8. The Morgan fingerprint density at radius 1 is 0.318 bits per heavy atom. The number of H-pyrrole nitrogens is 2. The van der Waals surface area contributed by atoms with Crippen molar-refractivity contribution in [1.82, 2.24) is 9.97 Å². The van der Waals surface area contributed by atoms with E-state index in [0.29, 0.717) is 0 Å². The molecule has 0 unspecified atom stereocenters. The molecule has 0 atom stereocenters. The molecule has 2 N–H and O–H groups in total. The van der Waals surface area contributed by atoms with Gasteiger partial charge in [0.1, 0.15) is 0 Å². The van der Waals surface area contributed by atoms with Gasteiger partial charge < -0.3 is 9.97 Å². The molecule has 0 aliphatic rings. The highest BCUT2D eigenvalue weighted by atomic mass is 14.7. The van der Waals surface area contributed by atoms with Gasteiger partial charge in [-0.05, 0) is 79.3 Å². The summed E-state index contributed by atoms with van der Waals surface area (Å²) in [5.41, 5.74) is 9.70. The minimum Gasteiger partial charge on any atom is -0.354 e. The lowest BCUT2D eigenvalue weighted by Gasteiger charge is -2.18. The van der Waals surface area contributed by atoms with Gasteiger partial charge in [0.25, 0.3) is 0 Å². The Hall–Kier alpha value is -5.86. The van der Waals surface area contributed by atoms with Gasteiger partial charge in [0.05, 0.1) is 5.52 Å². The van der Waals surface area contributed by atoms with Crippen molar-refractivity contribution in [3.63, 3.8) is 0 Å². The Balaban J connectivity index is 1.30. The molecule has 2 heterocycles. The van der Waals surface area contributed by atoms with Crippen molar-refractivity contribution in [2.24, 2.45) is 0 Å². The van der Waals surface area contributed by atoms with Crippen molar-refractivity contribution in [2.45, 2.75) is 0 Å². The van der Waals surface area contributed by atoms with Crippen molar-refractivity contribution >= 4 is 75.9 Å². The Bertz CT molecular complexity index is 2720. The maximum Gasteiger partial charge on any atom is 0.0544 e. The van der Waals surface area contributed by atoms with Gasteiger partial charge in [-0.15, -0.1) is 0 Å². The molecule has 0 aliphatic heterocycles. The summed E-state index contributed by atoms with van der Waals surface area (Å²) in [4.78, 5) is 7.44. The molecule has 0 amide bonds. The van der Waals surface area contributed by atoms with Gasteiger partial charge in [0, 0.05) is 43.7 Å². The van der Waals surface area contributed by atoms with Gasteiger partial charge in [0.2, 0.25) is 0 Å². The third-order valence-electron chi connectivity index (χ3n) is 9.50. The topological polar surface area (TPSA) is 31.6 Å². The second-order valence-corrected chi connectivity index (χ2v) is 11.9. The lowest BCUT2D eigenvalue weighted by Crippen LogP contribution is -1.91. The summed E-state index contributed by atoms with van der Waals surface area (Å²) in [5, 5.41) is 12.6. The van der Waals surface area contributed by atoms with Crippen LogP contribution < -0.4 is 0 Å². The summed E-state index contributed by atoms with van der Waals surface area (Å²) in [6.45, 7) is 0. The lowest BCUT2D eigenvalue weighted by atomic mass is 9.85. The molecular weight excluding hydrogens is 532 g/mol. The quantitative estimate of drug-likeness (QED) is 0.198. The van der Waals surface area contributed by atoms with E-state index < -0.39 is 0 Å². The monoisotopic (exact) mass is 558 g/mol. The number of fused-ring (bicyclic) bond motifs is 9. The second-order valence-electron chi connectivity index (χ2n) is 11.9. The van der Waals surface area contributed by atoms with Crippen molar-refractivity contribution in [2.75, 3.05) is 0 Å². The Labute approximate surface area is 253 Å². The molecule has 8 aromatic carbocycles. The summed E-state index contributed by atoms with van der Waals surface area (Å²) >= 11 is 0. The average Bonchev–Trinajstić information content (AvgIpc) is 3.64. The van der Waals surface area contributed by atoms with Crippen LogP contribution in [0.2, 0.25) is 0 Å². The molecule has 10 aromatic rings. The first kappa shape index (κ1) is 23.7. The van der Waals surface area contributed by atoms with E-state index in [4.69, 9.17) is 0 Å². The predicted molar refractivity (Wildman–Crippen MR) is 189 cm³/mol. The highest BCUT2D eigenvalue weighted by Crippen LogP contribution is 2.46. The van der Waals surface area contributed by atoms with E-state index in [1.54, 1.807) is 0 Å². The van der Waals surface area contributed by atoms with E-state index >= 15 is 0 Å². The van der Waals surface area contributed by atoms with E-state index in [1.807, 2.05) is 0 Å². The van der Waals surface area contributed by atoms with Crippen LogP contribution >= 0.6 is 0 Å². The number of nitrogens with one attached hydrogen (secondary N) is 2. The molecule has 10 rings (SSSR count). The van der Waals surface area contributed by atoms with Gasteiger partial charge in [-0.1, -0.05) is 115 Å². The second kappa shape index (κ2) is 8.82. The van der Waals surface area contributed by atoms with E-state index in [-0.39, 0.29) is 0 Å². The van der Waals surface area contributed by atoms with Crippen LogP contribution in [-0.2, 0) is 0 Å². The highest BCUT2D eigenvalue weighted by molar-refractivity contribution is 6.25. The van der Waals surface area contributed by atoms with Gasteiger partial charge in [-0.25, -0.2) is 0 Å². The van der Waals surface area contributed by atoms with Crippen LogP contribution in [0.5, 0.6) is 0 Å². The van der Waals surface area contributed by atoms with Crippen LogP contribution in [0.3, 0.4) is 0 Å². The molecule has 0 fully saturated rings. The fraction of sp³-hybridized carbons (Fsp3) is 0. The summed E-state index contributed by atoms with van der Waals surface area (Å²) in [6, 6.07) is 53.3. The van der Waals surface area contributed by atoms with Gasteiger partial charge in [0.15, 0.2) is 0 Å². The molecule has 0 bridgehead atoms. The molecule has 44 heavy (non-hydrogen) atoms. The molecular formula is C42H26N2. The standard InChI is InChI=1S/C42H26N2/c1-2-11-26-24-39-36(22-25(26)10-1)35-23-27(20-21-38(35)43-39)40-29-13-3-5-15-31(29)41(32-16-6-4-14-30(32)40)34-18-9-17-33-28-12-7-8-19-37(28)44-42(33)34/h1-24,43-44H. The van der Waals surface area contributed by atoms with E-state index in [0.717, 1.165) is 5.52 Å². The van der Waals surface area contributed by atoms with Crippen LogP contribution in [0, 0.1) is 0 Å². The molecule has 2 nitrogen and oxygen atoms in total. The Morgan fingerprint density at radius 2 is 0.886 bits per heavy atom. The van der Waals surface area contributed by atoms with Gasteiger partial charge >= 0.3 is 0 Å². The third-order valence-corrected chi connectivity index (χ3v) is 9.50. The van der Waals surface area contributed by atoms with E-state index in [9.17, 15) is 0 Å². The molecule has 0 aliphatic carbocycles.